The van der Waals surface area contributed by atoms with Crippen molar-refractivity contribution in [2.45, 2.75) is 88.7 Å². The molecule has 2 heterocycles. The van der Waals surface area contributed by atoms with Crippen molar-refractivity contribution in [3.63, 3.8) is 0 Å². The summed E-state index contributed by atoms with van der Waals surface area (Å²) in [6.45, 7) is 4.56. The number of aliphatic hydroxyl groups is 4. The van der Waals surface area contributed by atoms with E-state index < -0.39 is 67.3 Å². The van der Waals surface area contributed by atoms with Gasteiger partial charge in [0.2, 0.25) is 5.91 Å². The lowest BCUT2D eigenvalue weighted by molar-refractivity contribution is -0.351. The van der Waals surface area contributed by atoms with Crippen molar-refractivity contribution >= 4 is 5.91 Å². The van der Waals surface area contributed by atoms with Gasteiger partial charge in [0.15, 0.2) is 12.6 Å². The lowest BCUT2D eigenvalue weighted by Gasteiger charge is -2.46. The van der Waals surface area contributed by atoms with E-state index in [-0.39, 0.29) is 6.61 Å². The molecule has 174 valence electrons. The van der Waals surface area contributed by atoms with E-state index in [2.05, 4.69) is 5.32 Å². The maximum absolute atomic E-state index is 11.6. The van der Waals surface area contributed by atoms with Crippen molar-refractivity contribution in [1.29, 1.82) is 0 Å². The molecule has 1 amide bonds. The molecule has 0 unspecified atom stereocenters. The molecule has 0 aromatic heterocycles. The minimum atomic E-state index is -1.38. The zero-order valence-corrected chi connectivity index (χ0v) is 17.7. The number of carbonyl (C=O) groups excluding carboxylic acids is 1. The Morgan fingerprint density at radius 2 is 1.52 bits per heavy atom. The summed E-state index contributed by atoms with van der Waals surface area (Å²) in [5.41, 5.74) is 0.871. The SMILES string of the molecule is CC(=O)N[C@@H]1[C@H](O[C@@H]2[C@H](OCc3ccccc3)O[C@@H](C)[C@@H](O)[C@H]2O)O[C@@H](C)[C@@H](O)[C@H]1O. The maximum atomic E-state index is 11.6. The van der Waals surface area contributed by atoms with Gasteiger partial charge in [0.1, 0.15) is 36.6 Å². The van der Waals surface area contributed by atoms with Gasteiger partial charge < -0.3 is 44.7 Å². The van der Waals surface area contributed by atoms with Crippen molar-refractivity contribution in [2.24, 2.45) is 0 Å². The smallest absolute Gasteiger partial charge is 0.217 e. The molecular weight excluding hydrogens is 410 g/mol. The third-order valence-corrected chi connectivity index (χ3v) is 5.54. The molecule has 10 atom stereocenters. The topological polar surface area (TPSA) is 147 Å². The number of nitrogens with one attached hydrogen (secondary N) is 1. The second kappa shape index (κ2) is 10.3. The lowest BCUT2D eigenvalue weighted by Crippen LogP contribution is -2.66. The van der Waals surface area contributed by atoms with E-state index in [1.807, 2.05) is 30.3 Å². The summed E-state index contributed by atoms with van der Waals surface area (Å²) in [5, 5.41) is 44.0. The predicted molar refractivity (Wildman–Crippen MR) is 106 cm³/mol. The standard InChI is InChI=1S/C21H31NO9/c1-10-15(24)17(26)14(22-12(3)23)20(29-10)31-19-18(27)16(25)11(2)30-21(19)28-9-13-7-5-4-6-8-13/h4-8,10-11,14-21,24-27H,9H2,1-3H3,(H,22,23)/t10-,11-,14-,15+,16+,17-,18+,19-,20-,21+/m0/s1. The van der Waals surface area contributed by atoms with Gasteiger partial charge in [-0.3, -0.25) is 4.79 Å². The van der Waals surface area contributed by atoms with Crippen LogP contribution < -0.4 is 5.32 Å². The third kappa shape index (κ3) is 5.60. The number of rotatable bonds is 6. The van der Waals surface area contributed by atoms with Gasteiger partial charge in [-0.15, -0.1) is 0 Å². The quantitative estimate of drug-likeness (QED) is 0.376. The van der Waals surface area contributed by atoms with Crippen molar-refractivity contribution in [3.05, 3.63) is 35.9 Å². The monoisotopic (exact) mass is 441 g/mol. The van der Waals surface area contributed by atoms with E-state index in [0.717, 1.165) is 5.56 Å². The first-order valence-corrected chi connectivity index (χ1v) is 10.3. The van der Waals surface area contributed by atoms with Crippen LogP contribution in [0.4, 0.5) is 0 Å². The second-order valence-electron chi connectivity index (χ2n) is 8.01. The molecular formula is C21H31NO9. The Kier molecular flexibility index (Phi) is 8.00. The molecule has 3 rings (SSSR count). The number of hydrogen-bond donors (Lipinski definition) is 5. The molecule has 31 heavy (non-hydrogen) atoms. The molecule has 0 radical (unpaired) electrons. The first-order chi connectivity index (χ1) is 14.7. The summed E-state index contributed by atoms with van der Waals surface area (Å²) in [6.07, 6.45) is -10.3. The Morgan fingerprint density at radius 1 is 0.935 bits per heavy atom. The van der Waals surface area contributed by atoms with E-state index in [0.29, 0.717) is 0 Å². The Hall–Kier alpha value is -1.63. The van der Waals surface area contributed by atoms with Gasteiger partial charge in [-0.25, -0.2) is 0 Å². The largest absolute Gasteiger partial charge is 0.388 e. The Balaban J connectivity index is 1.78. The normalized spacial score (nSPS) is 41.0. The summed E-state index contributed by atoms with van der Waals surface area (Å²) in [5.74, 6) is -0.464. The molecule has 2 fully saturated rings. The highest BCUT2D eigenvalue weighted by atomic mass is 16.7. The van der Waals surface area contributed by atoms with Crippen LogP contribution in [0.3, 0.4) is 0 Å². The molecule has 5 N–H and O–H groups in total. The van der Waals surface area contributed by atoms with Crippen LogP contribution in [-0.2, 0) is 30.3 Å². The van der Waals surface area contributed by atoms with Crippen LogP contribution in [0.2, 0.25) is 0 Å². The van der Waals surface area contributed by atoms with Gasteiger partial charge >= 0.3 is 0 Å². The molecule has 1 aromatic rings. The van der Waals surface area contributed by atoms with Crippen LogP contribution in [0.5, 0.6) is 0 Å². The number of benzene rings is 1. The van der Waals surface area contributed by atoms with E-state index >= 15 is 0 Å². The average Bonchev–Trinajstić information content (AvgIpc) is 2.74. The molecule has 0 saturated carbocycles. The van der Waals surface area contributed by atoms with Crippen molar-refractivity contribution in [1.82, 2.24) is 5.32 Å². The summed E-state index contributed by atoms with van der Waals surface area (Å²) in [6, 6.07) is 8.21. The van der Waals surface area contributed by atoms with Crippen molar-refractivity contribution < 1.29 is 44.2 Å². The fourth-order valence-electron chi connectivity index (χ4n) is 3.72. The first-order valence-electron chi connectivity index (χ1n) is 10.3. The first kappa shape index (κ1) is 24.0. The fraction of sp³-hybridized carbons (Fsp3) is 0.667. The van der Waals surface area contributed by atoms with Crippen LogP contribution in [0.1, 0.15) is 26.3 Å². The maximum Gasteiger partial charge on any atom is 0.217 e. The van der Waals surface area contributed by atoms with Crippen LogP contribution in [0.15, 0.2) is 30.3 Å². The Morgan fingerprint density at radius 3 is 2.13 bits per heavy atom. The highest BCUT2D eigenvalue weighted by molar-refractivity contribution is 5.73. The lowest BCUT2D eigenvalue weighted by atomic mass is 9.96. The third-order valence-electron chi connectivity index (χ3n) is 5.54. The highest BCUT2D eigenvalue weighted by Gasteiger charge is 2.50. The molecule has 0 spiro atoms. The summed E-state index contributed by atoms with van der Waals surface area (Å²) >= 11 is 0. The highest BCUT2D eigenvalue weighted by Crippen LogP contribution is 2.30. The number of hydrogen-bond acceptors (Lipinski definition) is 9. The van der Waals surface area contributed by atoms with Gasteiger partial charge in [-0.2, -0.15) is 0 Å². The molecule has 10 nitrogen and oxygen atoms in total. The van der Waals surface area contributed by atoms with Crippen molar-refractivity contribution in [2.75, 3.05) is 0 Å². The van der Waals surface area contributed by atoms with Crippen LogP contribution in [0.25, 0.3) is 0 Å². The Labute approximate surface area is 180 Å². The van der Waals surface area contributed by atoms with Crippen molar-refractivity contribution in [3.8, 4) is 0 Å². The minimum Gasteiger partial charge on any atom is -0.388 e. The van der Waals surface area contributed by atoms with E-state index in [9.17, 15) is 25.2 Å². The molecule has 0 bridgehead atoms. The number of carbonyl (C=O) groups is 1. The van der Waals surface area contributed by atoms with Crippen LogP contribution in [0, 0.1) is 0 Å². The molecule has 2 aliphatic heterocycles. The van der Waals surface area contributed by atoms with Gasteiger partial charge in [0.25, 0.3) is 0 Å². The van der Waals surface area contributed by atoms with Gasteiger partial charge in [-0.1, -0.05) is 30.3 Å². The molecule has 10 heteroatoms. The van der Waals surface area contributed by atoms with Gasteiger partial charge in [0, 0.05) is 6.92 Å². The second-order valence-corrected chi connectivity index (χ2v) is 8.01. The zero-order valence-electron chi connectivity index (χ0n) is 17.7. The van der Waals surface area contributed by atoms with Crippen LogP contribution >= 0.6 is 0 Å². The summed E-state index contributed by atoms with van der Waals surface area (Å²) in [7, 11) is 0. The predicted octanol–water partition coefficient (Wildman–Crippen LogP) is -0.974. The average molecular weight is 441 g/mol. The zero-order chi connectivity index (χ0) is 22.7. The summed E-state index contributed by atoms with van der Waals surface area (Å²) < 4.78 is 23.1. The minimum absolute atomic E-state index is 0.166. The fourth-order valence-corrected chi connectivity index (χ4v) is 3.72. The van der Waals surface area contributed by atoms with Crippen LogP contribution in [-0.4, -0.2) is 87.7 Å². The molecule has 2 saturated heterocycles. The summed E-state index contributed by atoms with van der Waals surface area (Å²) in [4.78, 5) is 11.6. The van der Waals surface area contributed by atoms with Gasteiger partial charge in [0.05, 0.1) is 18.8 Å². The molecule has 2 aliphatic rings. The number of aliphatic hydroxyl groups excluding tert-OH is 4. The number of amides is 1. The molecule has 1 aromatic carbocycles. The number of ether oxygens (including phenoxy) is 4. The molecule has 0 aliphatic carbocycles. The van der Waals surface area contributed by atoms with Gasteiger partial charge in [-0.05, 0) is 19.4 Å². The van der Waals surface area contributed by atoms with E-state index in [1.165, 1.54) is 6.92 Å². The Bertz CT molecular complexity index is 720. The van der Waals surface area contributed by atoms with E-state index in [1.54, 1.807) is 13.8 Å². The van der Waals surface area contributed by atoms with E-state index in [4.69, 9.17) is 18.9 Å².